The number of carboxylic acids is 1. The average molecular weight is 553 g/mol. The Morgan fingerprint density at radius 3 is 1.59 bits per heavy atom. The Labute approximate surface area is 250 Å². The van der Waals surface area contributed by atoms with E-state index in [2.05, 4.69) is 36.4 Å². The number of hydrogen-bond donors (Lipinski definition) is 3. The third-order valence-electron chi connectivity index (χ3n) is 7.86. The van der Waals surface area contributed by atoms with E-state index in [9.17, 15) is 14.7 Å². The Morgan fingerprint density at radius 1 is 0.805 bits per heavy atom. The second kappa shape index (κ2) is 13.7. The molecule has 0 aliphatic heterocycles. The van der Waals surface area contributed by atoms with Gasteiger partial charge in [-0.15, -0.1) is 0 Å². The maximum atomic E-state index is 11.9. The Bertz CT molecular complexity index is 1480. The topological polar surface area (TPSA) is 177 Å². The molecule has 11 nitrogen and oxygen atoms in total. The van der Waals surface area contributed by atoms with E-state index in [1.165, 1.54) is 56.6 Å². The van der Waals surface area contributed by atoms with Gasteiger partial charge in [0.05, 0.1) is 18.2 Å². The number of aromatic carboxylic acids is 1. The maximum absolute atomic E-state index is 11.9. The van der Waals surface area contributed by atoms with Crippen molar-refractivity contribution < 1.29 is 43.8 Å². The van der Waals surface area contributed by atoms with Crippen molar-refractivity contribution in [3.8, 4) is 22.8 Å². The fourth-order valence-corrected chi connectivity index (χ4v) is 5.22. The SMILES string of the molecule is COC(=O)c1cc(-c2ncn[nH]2)c(C2CCC2)cc1C.Cc1cc(C2CCC2)c(-c2ncn[nH]2)cc1C(=O)O.[Li+].[OH-]. The molecule has 4 N–H and O–H groups in total. The summed E-state index contributed by atoms with van der Waals surface area (Å²) in [7, 11) is 1.40. The Balaban J connectivity index is 0.000000215. The molecule has 6 rings (SSSR count). The van der Waals surface area contributed by atoms with Crippen LogP contribution in [0.5, 0.6) is 0 Å². The number of aryl methyl sites for hydroxylation is 2. The average Bonchev–Trinajstić information content (AvgIpc) is 3.57. The number of H-pyrrole nitrogens is 2. The minimum absolute atomic E-state index is 0. The smallest absolute Gasteiger partial charge is 0.870 e. The van der Waals surface area contributed by atoms with Crippen LogP contribution >= 0.6 is 0 Å². The monoisotopic (exact) mass is 552 g/mol. The van der Waals surface area contributed by atoms with Crippen molar-refractivity contribution in [3.63, 3.8) is 0 Å². The number of carboxylic acid groups (broad SMARTS) is 1. The molecule has 2 aliphatic rings. The van der Waals surface area contributed by atoms with Gasteiger partial charge in [0, 0.05) is 11.1 Å². The van der Waals surface area contributed by atoms with Crippen LogP contribution in [0.15, 0.2) is 36.9 Å². The van der Waals surface area contributed by atoms with Crippen molar-refractivity contribution in [1.82, 2.24) is 30.4 Å². The molecule has 4 aromatic rings. The van der Waals surface area contributed by atoms with Crippen LogP contribution in [-0.4, -0.2) is 60.0 Å². The van der Waals surface area contributed by atoms with Crippen molar-refractivity contribution >= 4 is 11.9 Å². The zero-order chi connectivity index (χ0) is 27.5. The van der Waals surface area contributed by atoms with Crippen LogP contribution < -0.4 is 18.9 Å². The van der Waals surface area contributed by atoms with E-state index in [4.69, 9.17) is 4.74 Å². The Morgan fingerprint density at radius 2 is 1.24 bits per heavy atom. The third-order valence-corrected chi connectivity index (χ3v) is 7.86. The van der Waals surface area contributed by atoms with Crippen LogP contribution in [0.3, 0.4) is 0 Å². The number of nitrogens with one attached hydrogen (secondary N) is 2. The van der Waals surface area contributed by atoms with Crippen molar-refractivity contribution in [2.24, 2.45) is 0 Å². The van der Waals surface area contributed by atoms with Gasteiger partial charge < -0.3 is 15.3 Å². The molecule has 2 heterocycles. The number of methoxy groups -OCH3 is 1. The quantitative estimate of drug-likeness (QED) is 0.239. The molecule has 2 saturated carbocycles. The summed E-state index contributed by atoms with van der Waals surface area (Å²) in [6.07, 6.45) is 10.1. The first-order chi connectivity index (χ1) is 18.9. The first-order valence-corrected chi connectivity index (χ1v) is 13.2. The summed E-state index contributed by atoms with van der Waals surface area (Å²) in [6, 6.07) is 7.67. The number of carbonyl (C=O) groups excluding carboxylic acids is 1. The normalized spacial score (nSPS) is 14.3. The summed E-state index contributed by atoms with van der Waals surface area (Å²) < 4.78 is 4.84. The molecule has 2 fully saturated rings. The van der Waals surface area contributed by atoms with Crippen LogP contribution in [0.25, 0.3) is 22.8 Å². The Kier molecular flexibility index (Phi) is 10.6. The zero-order valence-corrected chi connectivity index (χ0v) is 23.8. The second-order valence-electron chi connectivity index (χ2n) is 10.2. The van der Waals surface area contributed by atoms with Crippen LogP contribution in [-0.2, 0) is 4.74 Å². The van der Waals surface area contributed by atoms with Gasteiger partial charge in [-0.2, -0.15) is 10.2 Å². The number of ether oxygens (including phenoxy) is 1. The molecule has 12 heteroatoms. The number of aromatic nitrogens is 6. The summed E-state index contributed by atoms with van der Waals surface area (Å²) >= 11 is 0. The maximum Gasteiger partial charge on any atom is 1.00 e. The van der Waals surface area contributed by atoms with Gasteiger partial charge >= 0.3 is 30.8 Å². The van der Waals surface area contributed by atoms with E-state index in [-0.39, 0.29) is 30.3 Å². The number of benzene rings is 2. The van der Waals surface area contributed by atoms with Crippen LogP contribution in [0.2, 0.25) is 0 Å². The third kappa shape index (κ3) is 6.59. The predicted octanol–water partition coefficient (Wildman–Crippen LogP) is 2.41. The van der Waals surface area contributed by atoms with E-state index >= 15 is 0 Å². The largest absolute Gasteiger partial charge is 1.00 e. The van der Waals surface area contributed by atoms with E-state index in [1.807, 2.05) is 26.0 Å². The zero-order valence-electron chi connectivity index (χ0n) is 23.8. The fraction of sp³-hybridized carbons (Fsp3) is 0.379. The molecule has 0 amide bonds. The number of esters is 1. The Hall–Kier alpha value is -3.78. The molecule has 0 atom stereocenters. The minimum Gasteiger partial charge on any atom is -0.870 e. The number of hydrogen-bond acceptors (Lipinski definition) is 8. The molecule has 41 heavy (non-hydrogen) atoms. The van der Waals surface area contributed by atoms with Gasteiger partial charge in [-0.25, -0.2) is 19.6 Å². The molecule has 0 saturated heterocycles. The number of nitrogens with zero attached hydrogens (tertiary/aromatic N) is 4. The van der Waals surface area contributed by atoms with Crippen LogP contribution in [0.4, 0.5) is 0 Å². The number of carbonyl (C=O) groups is 2. The summed E-state index contributed by atoms with van der Waals surface area (Å²) in [5, 5.41) is 22.7. The second-order valence-corrected chi connectivity index (χ2v) is 10.2. The standard InChI is InChI=1S/C15H17N3O2.C14H15N3O2.Li.H2O/c1-9-6-12(10-4-3-5-10)13(14-16-8-17-18-14)7-11(9)15(19)20-2;1-8-5-11(9-3-2-4-9)12(6-10(8)14(18)19)13-15-7-16-17-13;;/h6-8,10H,3-5H2,1-2H3,(H,16,17,18);5-7,9H,2-4H2,1H3,(H,18,19)(H,15,16,17);;1H2/q;;+1;/p-1. The first kappa shape index (κ1) is 31.7. The molecular weight excluding hydrogens is 519 g/mol. The van der Waals surface area contributed by atoms with Crippen molar-refractivity contribution in [2.45, 2.75) is 64.2 Å². The summed E-state index contributed by atoms with van der Waals surface area (Å²) in [5.74, 6) is 1.20. The van der Waals surface area contributed by atoms with E-state index < -0.39 is 5.97 Å². The number of aromatic amines is 2. The van der Waals surface area contributed by atoms with E-state index in [0.29, 0.717) is 34.6 Å². The van der Waals surface area contributed by atoms with Gasteiger partial charge in [-0.1, -0.05) is 25.0 Å². The van der Waals surface area contributed by atoms with Crippen molar-refractivity contribution in [2.75, 3.05) is 7.11 Å². The van der Waals surface area contributed by atoms with Crippen LogP contribution in [0.1, 0.15) is 93.3 Å². The molecule has 0 radical (unpaired) electrons. The van der Waals surface area contributed by atoms with Crippen molar-refractivity contribution in [1.29, 1.82) is 0 Å². The molecular formula is C29H33LiN6O5. The van der Waals surface area contributed by atoms with Gasteiger partial charge in [-0.05, 0) is 85.8 Å². The van der Waals surface area contributed by atoms with Gasteiger partial charge in [-0.3, -0.25) is 10.2 Å². The molecule has 0 spiro atoms. The van der Waals surface area contributed by atoms with Crippen LogP contribution in [0, 0.1) is 13.8 Å². The molecule has 210 valence electrons. The minimum atomic E-state index is -0.904. The van der Waals surface area contributed by atoms with E-state index in [1.54, 1.807) is 6.07 Å². The number of rotatable bonds is 6. The van der Waals surface area contributed by atoms with Gasteiger partial charge in [0.2, 0.25) is 0 Å². The van der Waals surface area contributed by atoms with Gasteiger partial charge in [0.15, 0.2) is 11.6 Å². The molecule has 0 bridgehead atoms. The molecule has 2 aromatic heterocycles. The predicted molar refractivity (Wildman–Crippen MR) is 147 cm³/mol. The summed E-state index contributed by atoms with van der Waals surface area (Å²) in [6.45, 7) is 3.79. The van der Waals surface area contributed by atoms with Gasteiger partial charge in [0.25, 0.3) is 0 Å². The van der Waals surface area contributed by atoms with Gasteiger partial charge in [0.1, 0.15) is 12.7 Å². The fourth-order valence-electron chi connectivity index (χ4n) is 5.22. The summed E-state index contributed by atoms with van der Waals surface area (Å²) in [4.78, 5) is 31.5. The molecule has 2 aromatic carbocycles. The summed E-state index contributed by atoms with van der Waals surface area (Å²) in [5.41, 5.74) is 6.92. The first-order valence-electron chi connectivity index (χ1n) is 13.2. The molecule has 2 aliphatic carbocycles. The molecule has 0 unspecified atom stereocenters. The van der Waals surface area contributed by atoms with Crippen molar-refractivity contribution in [3.05, 3.63) is 70.3 Å². The van der Waals surface area contributed by atoms with E-state index in [0.717, 1.165) is 35.1 Å².